The summed E-state index contributed by atoms with van der Waals surface area (Å²) in [6.07, 6.45) is 0.998. The Balaban J connectivity index is 1.78. The minimum absolute atomic E-state index is 0.0373. The Morgan fingerprint density at radius 1 is 1.04 bits per heavy atom. The van der Waals surface area contributed by atoms with E-state index in [0.717, 1.165) is 6.42 Å². The van der Waals surface area contributed by atoms with Crippen molar-refractivity contribution in [1.29, 1.82) is 0 Å². The molecule has 0 spiro atoms. The molecule has 5 nitrogen and oxygen atoms in total. The van der Waals surface area contributed by atoms with Gasteiger partial charge in [-0.05, 0) is 44.0 Å². The Hall–Kier alpha value is -2.66. The van der Waals surface area contributed by atoms with Crippen LogP contribution in [0.25, 0.3) is 0 Å². The van der Waals surface area contributed by atoms with Crippen LogP contribution in [0.4, 0.5) is 0 Å². The van der Waals surface area contributed by atoms with Gasteiger partial charge in [-0.25, -0.2) is 0 Å². The zero-order chi connectivity index (χ0) is 18.0. The highest BCUT2D eigenvalue weighted by atomic mass is 16.3. The van der Waals surface area contributed by atoms with Crippen LogP contribution in [0.5, 0.6) is 5.75 Å². The zero-order valence-corrected chi connectivity index (χ0v) is 14.1. The lowest BCUT2D eigenvalue weighted by Crippen LogP contribution is -2.49. The minimum atomic E-state index is -0.496. The number of aliphatic hydroxyl groups is 1. The molecule has 25 heavy (non-hydrogen) atoms. The van der Waals surface area contributed by atoms with Crippen molar-refractivity contribution in [2.24, 2.45) is 0 Å². The van der Waals surface area contributed by atoms with Crippen molar-refractivity contribution in [3.05, 3.63) is 65.2 Å². The summed E-state index contributed by atoms with van der Waals surface area (Å²) in [4.78, 5) is 26.8. The Labute approximate surface area is 146 Å². The van der Waals surface area contributed by atoms with E-state index in [1.165, 1.54) is 12.1 Å². The van der Waals surface area contributed by atoms with Crippen LogP contribution in [0, 0.1) is 0 Å². The van der Waals surface area contributed by atoms with Crippen LogP contribution in [0.3, 0.4) is 0 Å². The first-order valence-electron chi connectivity index (χ1n) is 8.40. The molecule has 1 aliphatic heterocycles. The maximum atomic E-state index is 12.6. The number of nitrogens with zero attached hydrogens (tertiary/aromatic N) is 1. The molecule has 1 heterocycles. The fourth-order valence-electron chi connectivity index (χ4n) is 3.15. The molecule has 0 saturated carbocycles. The molecule has 2 N–H and O–H groups in total. The first kappa shape index (κ1) is 17.2. The Bertz CT molecular complexity index is 785. The van der Waals surface area contributed by atoms with Crippen molar-refractivity contribution in [2.75, 3.05) is 6.54 Å². The predicted octanol–water partition coefficient (Wildman–Crippen LogP) is 2.61. The second-order valence-electron chi connectivity index (χ2n) is 6.41. The van der Waals surface area contributed by atoms with Crippen molar-refractivity contribution in [3.63, 3.8) is 0 Å². The van der Waals surface area contributed by atoms with E-state index in [9.17, 15) is 19.8 Å². The molecule has 1 aliphatic rings. The van der Waals surface area contributed by atoms with Gasteiger partial charge in [-0.1, -0.05) is 24.3 Å². The van der Waals surface area contributed by atoms with Crippen LogP contribution in [0.2, 0.25) is 0 Å². The maximum absolute atomic E-state index is 12.6. The highest BCUT2D eigenvalue weighted by Gasteiger charge is 2.30. The number of phenolic OH excluding ortho intramolecular Hbond substituents is 1. The van der Waals surface area contributed by atoms with Crippen molar-refractivity contribution in [1.82, 2.24) is 4.90 Å². The second-order valence-corrected chi connectivity index (χ2v) is 6.41. The van der Waals surface area contributed by atoms with Crippen LogP contribution < -0.4 is 0 Å². The molecule has 0 aromatic heterocycles. The molecule has 0 unspecified atom stereocenters. The lowest BCUT2D eigenvalue weighted by molar-refractivity contribution is 0.0181. The summed E-state index contributed by atoms with van der Waals surface area (Å²) >= 11 is 0. The molecule has 5 heteroatoms. The number of carbonyl (C=O) groups excluding carboxylic acids is 2. The Morgan fingerprint density at radius 3 is 2.40 bits per heavy atom. The predicted molar refractivity (Wildman–Crippen MR) is 93.7 cm³/mol. The van der Waals surface area contributed by atoms with Crippen LogP contribution in [-0.2, 0) is 0 Å². The van der Waals surface area contributed by atoms with Crippen molar-refractivity contribution in [3.8, 4) is 5.75 Å². The molecule has 3 rings (SSSR count). The summed E-state index contributed by atoms with van der Waals surface area (Å²) in [6, 6.07) is 12.5. The van der Waals surface area contributed by atoms with Gasteiger partial charge in [0.25, 0.3) is 5.91 Å². The van der Waals surface area contributed by atoms with Gasteiger partial charge in [0.2, 0.25) is 0 Å². The Morgan fingerprint density at radius 2 is 1.72 bits per heavy atom. The molecule has 130 valence electrons. The average molecular weight is 339 g/mol. The molecule has 0 radical (unpaired) electrons. The lowest BCUT2D eigenvalue weighted by Gasteiger charge is -2.37. The number of rotatable bonds is 3. The summed E-state index contributed by atoms with van der Waals surface area (Å²) in [5, 5.41) is 19.4. The third kappa shape index (κ3) is 3.56. The minimum Gasteiger partial charge on any atom is -0.508 e. The number of piperidine rings is 1. The largest absolute Gasteiger partial charge is 0.508 e. The highest BCUT2D eigenvalue weighted by Crippen LogP contribution is 2.21. The topological polar surface area (TPSA) is 77.8 Å². The van der Waals surface area contributed by atoms with Gasteiger partial charge in [-0.15, -0.1) is 0 Å². The first-order valence-corrected chi connectivity index (χ1v) is 8.40. The lowest BCUT2D eigenvalue weighted by atomic mass is 9.98. The molecule has 1 amide bonds. The van der Waals surface area contributed by atoms with Gasteiger partial charge in [-0.3, -0.25) is 9.59 Å². The summed E-state index contributed by atoms with van der Waals surface area (Å²) in [7, 11) is 0. The van der Waals surface area contributed by atoms with Gasteiger partial charge in [0, 0.05) is 23.2 Å². The van der Waals surface area contributed by atoms with Gasteiger partial charge >= 0.3 is 0 Å². The Kier molecular flexibility index (Phi) is 4.86. The summed E-state index contributed by atoms with van der Waals surface area (Å²) in [5.41, 5.74) is 1.34. The van der Waals surface area contributed by atoms with Crippen molar-refractivity contribution < 1.29 is 19.8 Å². The number of hydrogen-bond donors (Lipinski definition) is 2. The monoisotopic (exact) mass is 339 g/mol. The molecular weight excluding hydrogens is 318 g/mol. The third-order valence-electron chi connectivity index (χ3n) is 4.71. The van der Waals surface area contributed by atoms with E-state index in [1.54, 1.807) is 41.3 Å². The van der Waals surface area contributed by atoms with Crippen LogP contribution in [-0.4, -0.2) is 45.5 Å². The second kappa shape index (κ2) is 7.07. The summed E-state index contributed by atoms with van der Waals surface area (Å²) in [6.45, 7) is 2.47. The summed E-state index contributed by atoms with van der Waals surface area (Å²) in [5.74, 6) is -0.311. The van der Waals surface area contributed by atoms with Gasteiger partial charge in [0.1, 0.15) is 5.75 Å². The number of carbonyl (C=O) groups is 2. The molecule has 1 fully saturated rings. The van der Waals surface area contributed by atoms with E-state index in [2.05, 4.69) is 0 Å². The number of hydrogen-bond acceptors (Lipinski definition) is 4. The van der Waals surface area contributed by atoms with Gasteiger partial charge in [-0.2, -0.15) is 0 Å². The molecule has 0 aliphatic carbocycles. The number of phenols is 1. The smallest absolute Gasteiger partial charge is 0.254 e. The van der Waals surface area contributed by atoms with E-state index < -0.39 is 6.10 Å². The van der Waals surface area contributed by atoms with E-state index in [0.29, 0.717) is 29.7 Å². The maximum Gasteiger partial charge on any atom is 0.254 e. The fraction of sp³-hybridized carbons (Fsp3) is 0.300. The molecule has 2 atom stereocenters. The average Bonchev–Trinajstić information content (AvgIpc) is 2.63. The highest BCUT2D eigenvalue weighted by molar-refractivity contribution is 6.09. The molecule has 2 aromatic rings. The van der Waals surface area contributed by atoms with Crippen LogP contribution in [0.1, 0.15) is 46.0 Å². The number of aromatic hydroxyl groups is 1. The van der Waals surface area contributed by atoms with Gasteiger partial charge < -0.3 is 15.1 Å². The van der Waals surface area contributed by atoms with Crippen molar-refractivity contribution in [2.45, 2.75) is 31.9 Å². The molecule has 2 aromatic carbocycles. The number of aliphatic hydroxyl groups excluding tert-OH is 1. The van der Waals surface area contributed by atoms with E-state index in [-0.39, 0.29) is 23.5 Å². The third-order valence-corrected chi connectivity index (χ3v) is 4.71. The van der Waals surface area contributed by atoms with Gasteiger partial charge in [0.15, 0.2) is 5.78 Å². The molecule has 0 bridgehead atoms. The van der Waals surface area contributed by atoms with Crippen LogP contribution >= 0.6 is 0 Å². The van der Waals surface area contributed by atoms with E-state index in [4.69, 9.17) is 0 Å². The van der Waals surface area contributed by atoms with E-state index in [1.807, 2.05) is 6.92 Å². The number of amides is 1. The SMILES string of the molecule is C[C@@H]1[C@H](O)CCCN1C(=O)c1ccc(C(=O)c2cccc(O)c2)cc1. The molecule has 1 saturated heterocycles. The number of ketones is 1. The number of likely N-dealkylation sites (tertiary alicyclic amines) is 1. The fourth-order valence-corrected chi connectivity index (χ4v) is 3.15. The normalized spacial score (nSPS) is 20.3. The standard InChI is InChI=1S/C20H21NO4/c1-13-18(23)6-3-11-21(13)20(25)15-9-7-14(8-10-15)19(24)16-4-2-5-17(22)12-16/h2,4-5,7-10,12-13,18,22-23H,3,6,11H2,1H3/t13-,18-/m1/s1. The molecular formula is C20H21NO4. The van der Waals surface area contributed by atoms with E-state index >= 15 is 0 Å². The number of benzene rings is 2. The van der Waals surface area contributed by atoms with Crippen LogP contribution in [0.15, 0.2) is 48.5 Å². The zero-order valence-electron chi connectivity index (χ0n) is 14.1. The summed E-state index contributed by atoms with van der Waals surface area (Å²) < 4.78 is 0. The quantitative estimate of drug-likeness (QED) is 0.843. The van der Waals surface area contributed by atoms with Crippen molar-refractivity contribution >= 4 is 11.7 Å². The van der Waals surface area contributed by atoms with Gasteiger partial charge in [0.05, 0.1) is 12.1 Å². The first-order chi connectivity index (χ1) is 12.0.